The molecule has 1 saturated heterocycles. The zero-order chi connectivity index (χ0) is 22.6. The molecule has 1 aromatic carbocycles. The molecule has 0 saturated carbocycles. The number of H-pyrrole nitrogens is 1. The molecule has 3 N–H and O–H groups in total. The van der Waals surface area contributed by atoms with Gasteiger partial charge in [-0.15, -0.1) is 0 Å². The maximum absolute atomic E-state index is 13.0. The second kappa shape index (κ2) is 7.49. The first-order valence-corrected chi connectivity index (χ1v) is 11.8. The lowest BCUT2D eigenvalue weighted by Gasteiger charge is -2.28. The molecule has 1 aromatic heterocycles. The van der Waals surface area contributed by atoms with Crippen LogP contribution >= 0.6 is 0 Å². The molecule has 8 nitrogen and oxygen atoms in total. The first-order valence-electron chi connectivity index (χ1n) is 10.4. The Balaban J connectivity index is 1.64. The monoisotopic (exact) mass is 445 g/mol. The number of anilines is 1. The van der Waals surface area contributed by atoms with Crippen LogP contribution < -0.4 is 5.32 Å². The normalized spacial score (nSPS) is 18.7. The number of hydrogen-bond acceptors (Lipinski definition) is 5. The quantitative estimate of drug-likeness (QED) is 0.624. The predicted molar refractivity (Wildman–Crippen MR) is 116 cm³/mol. The van der Waals surface area contributed by atoms with Gasteiger partial charge in [-0.3, -0.25) is 9.59 Å². The highest BCUT2D eigenvalue weighted by Gasteiger charge is 2.35. The number of nitrogens with one attached hydrogen (secondary N) is 2. The number of sulfonamides is 1. The van der Waals surface area contributed by atoms with E-state index in [0.29, 0.717) is 37.1 Å². The van der Waals surface area contributed by atoms with Crippen molar-refractivity contribution in [2.75, 3.05) is 18.4 Å². The number of amides is 1. The molecule has 9 heteroatoms. The molecular formula is C22H27N3O5S. The number of benzene rings is 1. The zero-order valence-electron chi connectivity index (χ0n) is 17.9. The van der Waals surface area contributed by atoms with Crippen LogP contribution in [0, 0.1) is 12.3 Å². The second-order valence-corrected chi connectivity index (χ2v) is 11.1. The molecule has 1 fully saturated rings. The molecule has 4 rings (SSSR count). The number of phenols is 1. The molecule has 0 spiro atoms. The van der Waals surface area contributed by atoms with Crippen molar-refractivity contribution in [1.29, 1.82) is 0 Å². The standard InChI is InChI=1S/C22H27N3O5S/c1-13-19-16(11-22(2,3)12-18(19)27)23-20(13)21(28)24-15-10-14(6-7-17(15)26)31(29,30)25-8-4-5-9-25/h6-7,10,23,26H,4-5,8-9,11-12H2,1-3H3,(H,24,28). The Morgan fingerprint density at radius 1 is 1.19 bits per heavy atom. The van der Waals surface area contributed by atoms with Crippen LogP contribution in [0.5, 0.6) is 5.75 Å². The van der Waals surface area contributed by atoms with Crippen LogP contribution in [0.15, 0.2) is 23.1 Å². The second-order valence-electron chi connectivity index (χ2n) is 9.16. The van der Waals surface area contributed by atoms with Crippen LogP contribution in [-0.2, 0) is 16.4 Å². The Bertz CT molecular complexity index is 1170. The van der Waals surface area contributed by atoms with Crippen LogP contribution in [-0.4, -0.2) is 47.6 Å². The molecular weight excluding hydrogens is 418 g/mol. The van der Waals surface area contributed by atoms with Crippen molar-refractivity contribution in [3.63, 3.8) is 0 Å². The third-order valence-corrected chi connectivity index (χ3v) is 7.94. The molecule has 2 aliphatic rings. The largest absolute Gasteiger partial charge is 0.506 e. The lowest BCUT2D eigenvalue weighted by Crippen LogP contribution is -2.28. The summed E-state index contributed by atoms with van der Waals surface area (Å²) in [6.07, 6.45) is 2.69. The Hall–Kier alpha value is -2.65. The zero-order valence-corrected chi connectivity index (χ0v) is 18.7. The summed E-state index contributed by atoms with van der Waals surface area (Å²) in [6.45, 7) is 6.65. The van der Waals surface area contributed by atoms with E-state index in [2.05, 4.69) is 10.3 Å². The van der Waals surface area contributed by atoms with Crippen molar-refractivity contribution in [3.05, 3.63) is 40.7 Å². The number of carbonyl (C=O) groups is 2. The number of phenolic OH excluding ortho intramolecular Hbond substituents is 1. The minimum atomic E-state index is -3.69. The van der Waals surface area contributed by atoms with Gasteiger partial charge in [0.05, 0.1) is 10.6 Å². The van der Waals surface area contributed by atoms with E-state index in [0.717, 1.165) is 18.5 Å². The molecule has 0 unspecified atom stereocenters. The van der Waals surface area contributed by atoms with Gasteiger partial charge in [-0.2, -0.15) is 4.31 Å². The third-order valence-electron chi connectivity index (χ3n) is 6.05. The van der Waals surface area contributed by atoms with Crippen molar-refractivity contribution in [2.45, 2.75) is 51.3 Å². The number of ketones is 1. The first-order chi connectivity index (χ1) is 14.5. The third kappa shape index (κ3) is 3.87. The van der Waals surface area contributed by atoms with Crippen molar-refractivity contribution >= 4 is 27.4 Å². The topological polar surface area (TPSA) is 120 Å². The van der Waals surface area contributed by atoms with Crippen molar-refractivity contribution in [3.8, 4) is 5.75 Å². The van der Waals surface area contributed by atoms with Gasteiger partial charge in [-0.25, -0.2) is 8.42 Å². The molecule has 0 atom stereocenters. The summed E-state index contributed by atoms with van der Waals surface area (Å²) in [4.78, 5) is 28.6. The minimum Gasteiger partial charge on any atom is -0.506 e. The van der Waals surface area contributed by atoms with Gasteiger partial charge in [0.2, 0.25) is 10.0 Å². The number of Topliss-reactive ketones (excluding diaryl/α,β-unsaturated/α-hetero) is 1. The lowest BCUT2D eigenvalue weighted by molar-refractivity contribution is 0.0910. The SMILES string of the molecule is Cc1c(C(=O)Nc2cc(S(=O)(=O)N3CCCC3)ccc2O)[nH]c2c1C(=O)CC(C)(C)C2. The number of aromatic hydroxyl groups is 1. The summed E-state index contributed by atoms with van der Waals surface area (Å²) in [5.41, 5.74) is 1.91. The van der Waals surface area contributed by atoms with Crippen molar-refractivity contribution in [2.24, 2.45) is 5.41 Å². The summed E-state index contributed by atoms with van der Waals surface area (Å²) in [5.74, 6) is -0.774. The van der Waals surface area contributed by atoms with Gasteiger partial charge in [0, 0.05) is 30.8 Å². The molecule has 1 aliphatic carbocycles. The molecule has 31 heavy (non-hydrogen) atoms. The van der Waals surface area contributed by atoms with E-state index in [9.17, 15) is 23.1 Å². The maximum atomic E-state index is 13.0. The summed E-state index contributed by atoms with van der Waals surface area (Å²) < 4.78 is 27.1. The average Bonchev–Trinajstić information content (AvgIpc) is 3.31. The number of fused-ring (bicyclic) bond motifs is 1. The summed E-state index contributed by atoms with van der Waals surface area (Å²) in [7, 11) is -3.69. The molecule has 166 valence electrons. The fourth-order valence-corrected chi connectivity index (χ4v) is 6.04. The molecule has 2 heterocycles. The molecule has 1 amide bonds. The molecule has 1 aliphatic heterocycles. The highest BCUT2D eigenvalue weighted by molar-refractivity contribution is 7.89. The summed E-state index contributed by atoms with van der Waals surface area (Å²) in [5, 5.41) is 12.8. The highest BCUT2D eigenvalue weighted by atomic mass is 32.2. The number of aromatic nitrogens is 1. The molecule has 0 bridgehead atoms. The average molecular weight is 446 g/mol. The fourth-order valence-electron chi connectivity index (χ4n) is 4.50. The van der Waals surface area contributed by atoms with E-state index in [1.54, 1.807) is 6.92 Å². The van der Waals surface area contributed by atoms with Gasteiger partial charge in [0.15, 0.2) is 5.78 Å². The highest BCUT2D eigenvalue weighted by Crippen LogP contribution is 2.37. The van der Waals surface area contributed by atoms with Crippen LogP contribution in [0.25, 0.3) is 0 Å². The van der Waals surface area contributed by atoms with Gasteiger partial charge in [-0.05, 0) is 55.4 Å². The van der Waals surface area contributed by atoms with Gasteiger partial charge in [0.1, 0.15) is 11.4 Å². The van der Waals surface area contributed by atoms with E-state index >= 15 is 0 Å². The van der Waals surface area contributed by atoms with Crippen LogP contribution in [0.1, 0.15) is 65.2 Å². The van der Waals surface area contributed by atoms with Crippen LogP contribution in [0.4, 0.5) is 5.69 Å². The maximum Gasteiger partial charge on any atom is 0.272 e. The van der Waals surface area contributed by atoms with Crippen molar-refractivity contribution < 1.29 is 23.1 Å². The fraction of sp³-hybridized carbons (Fsp3) is 0.455. The first kappa shape index (κ1) is 21.6. The van der Waals surface area contributed by atoms with Gasteiger partial charge < -0.3 is 15.4 Å². The minimum absolute atomic E-state index is 0.000557. The van der Waals surface area contributed by atoms with Crippen LogP contribution in [0.2, 0.25) is 0 Å². The van der Waals surface area contributed by atoms with Gasteiger partial charge >= 0.3 is 0 Å². The number of hydrogen-bond donors (Lipinski definition) is 3. The molecule has 2 aromatic rings. The Morgan fingerprint density at radius 3 is 2.55 bits per heavy atom. The lowest BCUT2D eigenvalue weighted by atomic mass is 9.75. The smallest absolute Gasteiger partial charge is 0.272 e. The molecule has 0 radical (unpaired) electrons. The van der Waals surface area contributed by atoms with Gasteiger partial charge in [-0.1, -0.05) is 13.8 Å². The van der Waals surface area contributed by atoms with E-state index in [1.807, 2.05) is 13.8 Å². The Labute approximate surface area is 181 Å². The summed E-state index contributed by atoms with van der Waals surface area (Å²) in [6, 6.07) is 3.86. The Kier molecular flexibility index (Phi) is 5.21. The summed E-state index contributed by atoms with van der Waals surface area (Å²) >= 11 is 0. The Morgan fingerprint density at radius 2 is 1.87 bits per heavy atom. The number of nitrogens with zero attached hydrogens (tertiary/aromatic N) is 1. The number of carbonyl (C=O) groups excluding carboxylic acids is 2. The predicted octanol–water partition coefficient (Wildman–Crippen LogP) is 3.22. The van der Waals surface area contributed by atoms with E-state index in [1.165, 1.54) is 22.5 Å². The number of rotatable bonds is 4. The van der Waals surface area contributed by atoms with Crippen molar-refractivity contribution in [1.82, 2.24) is 9.29 Å². The van der Waals surface area contributed by atoms with E-state index < -0.39 is 15.9 Å². The van der Waals surface area contributed by atoms with E-state index in [-0.39, 0.29) is 33.2 Å². The van der Waals surface area contributed by atoms with Crippen LogP contribution in [0.3, 0.4) is 0 Å². The van der Waals surface area contributed by atoms with Gasteiger partial charge in [0.25, 0.3) is 5.91 Å². The van der Waals surface area contributed by atoms with E-state index in [4.69, 9.17) is 0 Å². The number of aromatic amines is 1.